The Morgan fingerprint density at radius 1 is 1.43 bits per heavy atom. The van der Waals surface area contributed by atoms with Gasteiger partial charge in [0.2, 0.25) is 11.7 Å². The normalized spacial score (nSPS) is 27.0. The summed E-state index contributed by atoms with van der Waals surface area (Å²) in [7, 11) is 0. The lowest BCUT2D eigenvalue weighted by molar-refractivity contribution is -0.151. The van der Waals surface area contributed by atoms with Crippen LogP contribution in [0.4, 0.5) is 8.78 Å². The van der Waals surface area contributed by atoms with Crippen LogP contribution in [0.25, 0.3) is 0 Å². The van der Waals surface area contributed by atoms with E-state index < -0.39 is 30.2 Å². The highest BCUT2D eigenvalue weighted by atomic mass is 19.3. The van der Waals surface area contributed by atoms with E-state index >= 15 is 0 Å². The lowest BCUT2D eigenvalue weighted by atomic mass is 9.77. The first kappa shape index (κ1) is 15.9. The maximum atomic E-state index is 14.2. The molecule has 2 aliphatic rings. The molecule has 6 nitrogen and oxygen atoms in total. The number of carbonyl (C=O) groups excluding carboxylic acids is 2. The predicted octanol–water partition coefficient (Wildman–Crippen LogP) is 1.70. The van der Waals surface area contributed by atoms with Crippen molar-refractivity contribution >= 4 is 11.8 Å². The molecule has 2 saturated heterocycles. The average molecular weight is 327 g/mol. The van der Waals surface area contributed by atoms with Gasteiger partial charge in [-0.05, 0) is 20.3 Å². The van der Waals surface area contributed by atoms with Gasteiger partial charge in [0.15, 0.2) is 0 Å². The van der Waals surface area contributed by atoms with E-state index in [1.54, 1.807) is 11.8 Å². The van der Waals surface area contributed by atoms with E-state index in [2.05, 4.69) is 5.16 Å². The Labute approximate surface area is 132 Å². The van der Waals surface area contributed by atoms with E-state index in [1.807, 2.05) is 6.92 Å². The summed E-state index contributed by atoms with van der Waals surface area (Å²) in [6, 6.07) is 1.41. The zero-order chi connectivity index (χ0) is 16.8. The summed E-state index contributed by atoms with van der Waals surface area (Å²) >= 11 is 0. The number of piperidine rings is 1. The number of hydrogen-bond donors (Lipinski definition) is 0. The average Bonchev–Trinajstić information content (AvgIpc) is 3.02. The van der Waals surface area contributed by atoms with Crippen molar-refractivity contribution in [2.24, 2.45) is 5.41 Å². The van der Waals surface area contributed by atoms with Gasteiger partial charge < -0.3 is 14.3 Å². The minimum absolute atomic E-state index is 0.00347. The molecule has 0 radical (unpaired) electrons. The summed E-state index contributed by atoms with van der Waals surface area (Å²) in [6.07, 6.45) is -0.164. The smallest absolute Gasteiger partial charge is 0.292 e. The van der Waals surface area contributed by atoms with Crippen molar-refractivity contribution in [3.63, 3.8) is 0 Å². The summed E-state index contributed by atoms with van der Waals surface area (Å²) in [5.74, 6) is -4.10. The number of halogens is 2. The molecule has 0 unspecified atom stereocenters. The van der Waals surface area contributed by atoms with Gasteiger partial charge in [-0.1, -0.05) is 5.16 Å². The lowest BCUT2D eigenvalue weighted by Crippen LogP contribution is -2.57. The van der Waals surface area contributed by atoms with Crippen molar-refractivity contribution in [1.29, 1.82) is 0 Å². The van der Waals surface area contributed by atoms with Gasteiger partial charge in [-0.2, -0.15) is 0 Å². The highest BCUT2D eigenvalue weighted by Gasteiger charge is 2.57. The summed E-state index contributed by atoms with van der Waals surface area (Å²) < 4.78 is 33.3. The maximum Gasteiger partial charge on any atom is 0.292 e. The van der Waals surface area contributed by atoms with Gasteiger partial charge in [0.25, 0.3) is 11.8 Å². The number of carbonyl (C=O) groups is 2. The standard InChI is InChI=1S/C15H19F2N3O3/c1-3-19-5-4-14(13(19)22)7-15(16,17)9-20(8-14)12(21)11-6-10(2)18-23-11/h6H,3-5,7-9H2,1-2H3/t14-/m0/s1. The summed E-state index contributed by atoms with van der Waals surface area (Å²) in [4.78, 5) is 27.6. The van der Waals surface area contributed by atoms with E-state index in [9.17, 15) is 18.4 Å². The third-order valence-corrected chi connectivity index (χ3v) is 4.62. The topological polar surface area (TPSA) is 66.7 Å². The molecule has 0 aliphatic carbocycles. The van der Waals surface area contributed by atoms with Gasteiger partial charge in [0.05, 0.1) is 17.7 Å². The van der Waals surface area contributed by atoms with Gasteiger partial charge in [0, 0.05) is 32.1 Å². The Morgan fingerprint density at radius 2 is 2.17 bits per heavy atom. The van der Waals surface area contributed by atoms with Gasteiger partial charge >= 0.3 is 0 Å². The molecule has 23 heavy (non-hydrogen) atoms. The van der Waals surface area contributed by atoms with Crippen molar-refractivity contribution in [3.8, 4) is 0 Å². The molecule has 1 spiro atoms. The van der Waals surface area contributed by atoms with Crippen LogP contribution < -0.4 is 0 Å². The molecule has 3 rings (SSSR count). The summed E-state index contributed by atoms with van der Waals surface area (Å²) in [6.45, 7) is 3.70. The number of nitrogens with zero attached hydrogens (tertiary/aromatic N) is 3. The molecular formula is C15H19F2N3O3. The molecule has 2 aliphatic heterocycles. The Morgan fingerprint density at radius 3 is 2.74 bits per heavy atom. The molecule has 1 atom stereocenters. The van der Waals surface area contributed by atoms with E-state index in [1.165, 1.54) is 6.07 Å². The maximum absolute atomic E-state index is 14.2. The van der Waals surface area contributed by atoms with Crippen LogP contribution in [-0.2, 0) is 4.79 Å². The first-order valence-electron chi connectivity index (χ1n) is 7.66. The fourth-order valence-corrected chi connectivity index (χ4v) is 3.58. The van der Waals surface area contributed by atoms with Crippen molar-refractivity contribution in [3.05, 3.63) is 17.5 Å². The van der Waals surface area contributed by atoms with Crippen LogP contribution in [0.2, 0.25) is 0 Å². The fraction of sp³-hybridized carbons (Fsp3) is 0.667. The van der Waals surface area contributed by atoms with E-state index in [-0.39, 0.29) is 18.2 Å². The minimum Gasteiger partial charge on any atom is -0.351 e. The number of alkyl halides is 2. The molecule has 8 heteroatoms. The molecule has 1 aromatic heterocycles. The highest BCUT2D eigenvalue weighted by Crippen LogP contribution is 2.45. The van der Waals surface area contributed by atoms with Crippen LogP contribution in [0.5, 0.6) is 0 Å². The largest absolute Gasteiger partial charge is 0.351 e. The van der Waals surface area contributed by atoms with Gasteiger partial charge in [-0.15, -0.1) is 0 Å². The van der Waals surface area contributed by atoms with Gasteiger partial charge in [0.1, 0.15) is 0 Å². The van der Waals surface area contributed by atoms with Crippen molar-refractivity contribution < 1.29 is 22.9 Å². The first-order valence-corrected chi connectivity index (χ1v) is 7.66. The van der Waals surface area contributed by atoms with Crippen LogP contribution in [0, 0.1) is 12.3 Å². The molecule has 2 fully saturated rings. The molecule has 126 valence electrons. The number of likely N-dealkylation sites (tertiary alicyclic amines) is 2. The van der Waals surface area contributed by atoms with Crippen molar-refractivity contribution in [2.45, 2.75) is 32.6 Å². The van der Waals surface area contributed by atoms with Crippen molar-refractivity contribution in [2.75, 3.05) is 26.2 Å². The van der Waals surface area contributed by atoms with E-state index in [4.69, 9.17) is 4.52 Å². The number of amides is 2. The monoisotopic (exact) mass is 327 g/mol. The minimum atomic E-state index is -3.09. The SMILES string of the molecule is CCN1CC[C@]2(CN(C(=O)c3cc(C)no3)CC(F)(F)C2)C1=O. The van der Waals surface area contributed by atoms with Crippen LogP contribution in [0.15, 0.2) is 10.6 Å². The lowest BCUT2D eigenvalue weighted by Gasteiger charge is -2.42. The quantitative estimate of drug-likeness (QED) is 0.829. The summed E-state index contributed by atoms with van der Waals surface area (Å²) in [5.41, 5.74) is -0.691. The Balaban J connectivity index is 1.88. The fourth-order valence-electron chi connectivity index (χ4n) is 3.58. The van der Waals surface area contributed by atoms with Crippen LogP contribution in [-0.4, -0.2) is 58.9 Å². The summed E-state index contributed by atoms with van der Waals surface area (Å²) in [5, 5.41) is 3.61. The second-order valence-corrected chi connectivity index (χ2v) is 6.44. The van der Waals surface area contributed by atoms with Crippen molar-refractivity contribution in [1.82, 2.24) is 15.0 Å². The number of hydrogen-bond acceptors (Lipinski definition) is 4. The number of aromatic nitrogens is 1. The molecule has 3 heterocycles. The van der Waals surface area contributed by atoms with Gasteiger partial charge in [-0.3, -0.25) is 9.59 Å². The molecule has 0 aromatic carbocycles. The highest BCUT2D eigenvalue weighted by molar-refractivity contribution is 5.93. The predicted molar refractivity (Wildman–Crippen MR) is 76.0 cm³/mol. The Hall–Kier alpha value is -1.99. The van der Waals surface area contributed by atoms with E-state index in [0.29, 0.717) is 25.2 Å². The molecule has 2 amide bonds. The van der Waals surface area contributed by atoms with Gasteiger partial charge in [-0.25, -0.2) is 8.78 Å². The van der Waals surface area contributed by atoms with Crippen LogP contribution in [0.1, 0.15) is 36.0 Å². The molecular weight excluding hydrogens is 308 g/mol. The zero-order valence-electron chi connectivity index (χ0n) is 13.1. The zero-order valence-corrected chi connectivity index (χ0v) is 13.1. The second-order valence-electron chi connectivity index (χ2n) is 6.44. The molecule has 1 aromatic rings. The number of rotatable bonds is 2. The Bertz CT molecular complexity index is 646. The Kier molecular flexibility index (Phi) is 3.65. The van der Waals surface area contributed by atoms with E-state index in [0.717, 1.165) is 4.90 Å². The second kappa shape index (κ2) is 5.28. The third-order valence-electron chi connectivity index (χ3n) is 4.62. The number of aryl methyl sites for hydroxylation is 1. The molecule has 0 saturated carbocycles. The third kappa shape index (κ3) is 2.70. The molecule has 0 bridgehead atoms. The first-order chi connectivity index (χ1) is 10.8. The molecule has 0 N–H and O–H groups in total. The van der Waals surface area contributed by atoms with Crippen LogP contribution >= 0.6 is 0 Å². The van der Waals surface area contributed by atoms with Crippen LogP contribution in [0.3, 0.4) is 0 Å².